The van der Waals surface area contributed by atoms with E-state index in [9.17, 15) is 22.9 Å². The van der Waals surface area contributed by atoms with Crippen LogP contribution in [0.25, 0.3) is 22.3 Å². The average molecular weight is 460 g/mol. The summed E-state index contributed by atoms with van der Waals surface area (Å²) in [5, 5.41) is 19.3. The molecular formula is C20H13IO5. The van der Waals surface area contributed by atoms with E-state index < -0.39 is 33.1 Å². The summed E-state index contributed by atoms with van der Waals surface area (Å²) in [6, 6.07) is 19.2. The molecular weight excluding hydrogens is 447 g/mol. The van der Waals surface area contributed by atoms with E-state index in [-0.39, 0.29) is 14.7 Å². The van der Waals surface area contributed by atoms with Crippen molar-refractivity contribution in [3.05, 3.63) is 81.4 Å². The standard InChI is InChI=1S/C20H13IO5/c22-19(23)15-11-14(12-7-3-1-4-8-12)16(13-9-5-2-6-10-13)17(20(24)25)18(15)21-26/h1-11H,(H,22,23)(H,24,25). The number of hydrogen-bond acceptors (Lipinski definition) is 3. The number of halogens is 1. The van der Waals surface area contributed by atoms with Gasteiger partial charge in [-0.15, -0.1) is 0 Å². The maximum absolute atomic E-state index is 12.0. The van der Waals surface area contributed by atoms with E-state index in [4.69, 9.17) is 0 Å². The second-order valence-electron chi connectivity index (χ2n) is 5.46. The van der Waals surface area contributed by atoms with Gasteiger partial charge in [0.2, 0.25) is 0 Å². The fourth-order valence-electron chi connectivity index (χ4n) is 2.85. The zero-order valence-electron chi connectivity index (χ0n) is 13.3. The molecule has 3 aromatic rings. The minimum Gasteiger partial charge on any atom is -0.478 e. The van der Waals surface area contributed by atoms with E-state index in [1.54, 1.807) is 54.6 Å². The number of carbonyl (C=O) groups is 2. The molecule has 0 fully saturated rings. The molecule has 0 amide bonds. The van der Waals surface area contributed by atoms with E-state index in [0.717, 1.165) is 0 Å². The van der Waals surface area contributed by atoms with Crippen molar-refractivity contribution in [2.45, 2.75) is 0 Å². The van der Waals surface area contributed by atoms with E-state index in [2.05, 4.69) is 0 Å². The van der Waals surface area contributed by atoms with Crippen molar-refractivity contribution >= 4 is 33.1 Å². The summed E-state index contributed by atoms with van der Waals surface area (Å²) in [5.41, 5.74) is 1.72. The first-order chi connectivity index (χ1) is 12.5. The molecule has 0 heterocycles. The molecule has 0 radical (unpaired) electrons. The van der Waals surface area contributed by atoms with Crippen LogP contribution in [0.2, 0.25) is 0 Å². The van der Waals surface area contributed by atoms with Crippen molar-refractivity contribution < 1.29 is 22.9 Å². The van der Waals surface area contributed by atoms with Gasteiger partial charge >= 0.3 is 11.9 Å². The number of benzene rings is 3. The third-order valence-electron chi connectivity index (χ3n) is 3.93. The summed E-state index contributed by atoms with van der Waals surface area (Å²) in [5.74, 6) is -2.59. The molecule has 26 heavy (non-hydrogen) atoms. The number of carboxylic acids is 2. The molecule has 0 aliphatic carbocycles. The Morgan fingerprint density at radius 2 is 1.31 bits per heavy atom. The second-order valence-corrected chi connectivity index (χ2v) is 6.97. The fourth-order valence-corrected chi connectivity index (χ4v) is 4.19. The highest BCUT2D eigenvalue weighted by atomic mass is 127. The highest BCUT2D eigenvalue weighted by molar-refractivity contribution is 14.1. The van der Waals surface area contributed by atoms with Crippen LogP contribution in [0.5, 0.6) is 0 Å². The smallest absolute Gasteiger partial charge is 0.337 e. The minimum absolute atomic E-state index is 0.109. The maximum Gasteiger partial charge on any atom is 0.337 e. The van der Waals surface area contributed by atoms with Gasteiger partial charge in [-0.1, -0.05) is 60.7 Å². The Morgan fingerprint density at radius 1 is 0.769 bits per heavy atom. The molecule has 5 nitrogen and oxygen atoms in total. The van der Waals surface area contributed by atoms with Gasteiger partial charge < -0.3 is 10.2 Å². The Hall–Kier alpha value is -2.87. The summed E-state index contributed by atoms with van der Waals surface area (Å²) >= 11 is -2.00. The van der Waals surface area contributed by atoms with Crippen LogP contribution in [0.4, 0.5) is 0 Å². The first kappa shape index (κ1) is 17.9. The third-order valence-corrected chi connectivity index (χ3v) is 5.49. The predicted octanol–water partition coefficient (Wildman–Crippen LogP) is 4.90. The first-order valence-electron chi connectivity index (χ1n) is 7.60. The predicted molar refractivity (Wildman–Crippen MR) is 105 cm³/mol. The lowest BCUT2D eigenvalue weighted by molar-refractivity contribution is 0.0695. The molecule has 0 aliphatic rings. The molecule has 0 atom stereocenters. The highest BCUT2D eigenvalue weighted by Gasteiger charge is 2.27. The average Bonchev–Trinajstić information content (AvgIpc) is 2.67. The van der Waals surface area contributed by atoms with Crippen LogP contribution in [-0.2, 0) is 3.07 Å². The van der Waals surface area contributed by atoms with Gasteiger partial charge in [-0.3, -0.25) is 3.07 Å². The zero-order valence-corrected chi connectivity index (χ0v) is 15.5. The van der Waals surface area contributed by atoms with Gasteiger partial charge in [-0.2, -0.15) is 0 Å². The highest BCUT2D eigenvalue weighted by Crippen LogP contribution is 2.40. The molecule has 0 aromatic heterocycles. The van der Waals surface area contributed by atoms with Crippen molar-refractivity contribution in [1.29, 1.82) is 0 Å². The first-order valence-corrected chi connectivity index (χ1v) is 9.56. The maximum atomic E-state index is 12.0. The molecule has 0 bridgehead atoms. The fraction of sp³-hybridized carbons (Fsp3) is 0. The number of rotatable bonds is 5. The number of carboxylic acid groups (broad SMARTS) is 2. The quantitative estimate of drug-likeness (QED) is 0.529. The van der Waals surface area contributed by atoms with Crippen LogP contribution in [0.1, 0.15) is 20.7 Å². The lowest BCUT2D eigenvalue weighted by atomic mass is 9.88. The Kier molecular flexibility index (Phi) is 5.22. The SMILES string of the molecule is O=Ic1c(C(=O)O)cc(-c2ccccc2)c(-c2ccccc2)c1C(=O)O. The Balaban J connectivity index is 2.52. The minimum atomic E-state index is -2.00. The molecule has 0 spiro atoms. The molecule has 0 aliphatic heterocycles. The Labute approximate surface area is 159 Å². The normalized spacial score (nSPS) is 10.5. The van der Waals surface area contributed by atoms with Crippen LogP contribution >= 0.6 is 21.2 Å². The largest absolute Gasteiger partial charge is 0.478 e. The van der Waals surface area contributed by atoms with Crippen molar-refractivity contribution in [3.8, 4) is 22.3 Å². The van der Waals surface area contributed by atoms with Gasteiger partial charge in [-0.05, 0) is 22.8 Å². The Bertz CT molecular complexity index is 998. The van der Waals surface area contributed by atoms with Gasteiger partial charge in [0.1, 0.15) is 0 Å². The summed E-state index contributed by atoms with van der Waals surface area (Å²) in [6.07, 6.45) is 0. The summed E-state index contributed by atoms with van der Waals surface area (Å²) in [6.45, 7) is 0. The van der Waals surface area contributed by atoms with Gasteiger partial charge in [0.05, 0.1) is 14.7 Å². The molecule has 3 rings (SSSR count). The van der Waals surface area contributed by atoms with Gasteiger partial charge in [0.25, 0.3) is 0 Å². The van der Waals surface area contributed by atoms with Crippen molar-refractivity contribution in [3.63, 3.8) is 0 Å². The van der Waals surface area contributed by atoms with Crippen molar-refractivity contribution in [2.24, 2.45) is 0 Å². The zero-order chi connectivity index (χ0) is 18.7. The second kappa shape index (κ2) is 7.57. The molecule has 0 saturated heterocycles. The molecule has 3 aromatic carbocycles. The van der Waals surface area contributed by atoms with E-state index in [1.165, 1.54) is 6.07 Å². The number of aromatic carboxylic acids is 2. The van der Waals surface area contributed by atoms with Gasteiger partial charge in [-0.25, -0.2) is 9.59 Å². The van der Waals surface area contributed by atoms with Crippen molar-refractivity contribution in [1.82, 2.24) is 0 Å². The number of hydrogen-bond donors (Lipinski definition) is 2. The molecule has 6 heteroatoms. The van der Waals surface area contributed by atoms with Crippen LogP contribution in [-0.4, -0.2) is 22.2 Å². The van der Waals surface area contributed by atoms with Gasteiger partial charge in [0, 0.05) is 5.56 Å². The van der Waals surface area contributed by atoms with Crippen molar-refractivity contribution in [2.75, 3.05) is 0 Å². The summed E-state index contributed by atoms with van der Waals surface area (Å²) < 4.78 is 11.7. The van der Waals surface area contributed by atoms with Crippen LogP contribution < -0.4 is 0 Å². The van der Waals surface area contributed by atoms with Crippen LogP contribution in [0.3, 0.4) is 0 Å². The van der Waals surface area contributed by atoms with E-state index >= 15 is 0 Å². The van der Waals surface area contributed by atoms with E-state index in [1.807, 2.05) is 6.07 Å². The molecule has 0 saturated carbocycles. The Morgan fingerprint density at radius 3 is 1.77 bits per heavy atom. The lowest BCUT2D eigenvalue weighted by Crippen LogP contribution is -2.11. The molecule has 2 N–H and O–H groups in total. The molecule has 130 valence electrons. The topological polar surface area (TPSA) is 91.7 Å². The van der Waals surface area contributed by atoms with Crippen LogP contribution in [0, 0.1) is 3.57 Å². The van der Waals surface area contributed by atoms with Gasteiger partial charge in [0.15, 0.2) is 21.2 Å². The summed E-state index contributed by atoms with van der Waals surface area (Å²) in [4.78, 5) is 23.7. The molecule has 0 unspecified atom stereocenters. The monoisotopic (exact) mass is 460 g/mol. The summed E-state index contributed by atoms with van der Waals surface area (Å²) in [7, 11) is 0. The van der Waals surface area contributed by atoms with Crippen LogP contribution in [0.15, 0.2) is 66.7 Å². The third kappa shape index (κ3) is 3.28. The lowest BCUT2D eigenvalue weighted by Gasteiger charge is -2.17. The van der Waals surface area contributed by atoms with E-state index in [0.29, 0.717) is 22.3 Å².